The van der Waals surface area contributed by atoms with Crippen LogP contribution in [0.15, 0.2) is 47.6 Å². The number of ketones is 1. The van der Waals surface area contributed by atoms with Gasteiger partial charge in [0.05, 0.1) is 21.5 Å². The van der Waals surface area contributed by atoms with Crippen LogP contribution < -0.4 is 5.32 Å². The highest BCUT2D eigenvalue weighted by Gasteiger charge is 2.17. The number of nitrogens with zero attached hydrogens (tertiary/aromatic N) is 3. The van der Waals surface area contributed by atoms with E-state index in [9.17, 15) is 9.59 Å². The molecular weight excluding hydrogens is 455 g/mol. The van der Waals surface area contributed by atoms with Gasteiger partial charge in [-0.25, -0.2) is 0 Å². The lowest BCUT2D eigenvalue weighted by Crippen LogP contribution is -2.23. The van der Waals surface area contributed by atoms with Crippen molar-refractivity contribution in [2.24, 2.45) is 0 Å². The number of benzene rings is 2. The molecule has 0 aliphatic carbocycles. The third kappa shape index (κ3) is 6.09. The largest absolute Gasteiger partial charge is 0.356 e. The van der Waals surface area contributed by atoms with Crippen LogP contribution in [-0.2, 0) is 17.6 Å². The number of nitrogens with one attached hydrogen (secondary N) is 1. The molecule has 0 spiro atoms. The number of amides is 1. The van der Waals surface area contributed by atoms with E-state index in [1.165, 1.54) is 24.2 Å². The number of rotatable bonds is 9. The van der Waals surface area contributed by atoms with Crippen LogP contribution >= 0.6 is 35.0 Å². The fourth-order valence-corrected chi connectivity index (χ4v) is 4.09. The first-order valence-corrected chi connectivity index (χ1v) is 11.5. The van der Waals surface area contributed by atoms with Gasteiger partial charge in [-0.2, -0.15) is 0 Å². The van der Waals surface area contributed by atoms with Crippen molar-refractivity contribution in [1.29, 1.82) is 0 Å². The Morgan fingerprint density at radius 3 is 2.45 bits per heavy atom. The molecular formula is C22H22Cl2N4O2S. The second kappa shape index (κ2) is 10.8. The first kappa shape index (κ1) is 23.3. The van der Waals surface area contributed by atoms with Crippen LogP contribution in [0.25, 0.3) is 5.69 Å². The van der Waals surface area contributed by atoms with Crippen molar-refractivity contribution >= 4 is 46.7 Å². The summed E-state index contributed by atoms with van der Waals surface area (Å²) < 4.78 is 1.84. The molecule has 1 heterocycles. The Bertz CT molecular complexity index is 1080. The van der Waals surface area contributed by atoms with Crippen molar-refractivity contribution in [3.8, 4) is 5.69 Å². The van der Waals surface area contributed by atoms with Crippen molar-refractivity contribution in [1.82, 2.24) is 20.1 Å². The molecule has 0 saturated heterocycles. The van der Waals surface area contributed by atoms with Gasteiger partial charge in [-0.05, 0) is 30.2 Å². The summed E-state index contributed by atoms with van der Waals surface area (Å²) >= 11 is 13.6. The summed E-state index contributed by atoms with van der Waals surface area (Å²) in [4.78, 5) is 23.9. The minimum Gasteiger partial charge on any atom is -0.356 e. The number of carbonyl (C=O) groups excluding carboxylic acids is 2. The lowest BCUT2D eigenvalue weighted by Gasteiger charge is -2.11. The molecule has 3 aromatic rings. The van der Waals surface area contributed by atoms with Crippen LogP contribution in [0.3, 0.4) is 0 Å². The SMILES string of the molecule is CCc1ccc(C(=O)CSc2nnc(CCNC(C)=O)n2-c2ccc(Cl)c(Cl)c2)cc1. The van der Waals surface area contributed by atoms with Gasteiger partial charge in [0.2, 0.25) is 5.91 Å². The molecule has 0 radical (unpaired) electrons. The predicted octanol–water partition coefficient (Wildman–Crippen LogP) is 4.79. The number of Topliss-reactive ketones (excluding diaryl/α,β-unsaturated/α-hetero) is 1. The number of halogens is 2. The number of carbonyl (C=O) groups is 2. The van der Waals surface area contributed by atoms with Crippen molar-refractivity contribution < 1.29 is 9.59 Å². The predicted molar refractivity (Wildman–Crippen MR) is 125 cm³/mol. The third-order valence-corrected chi connectivity index (χ3v) is 6.27. The standard InChI is InChI=1S/C22H22Cl2N4O2S/c1-3-15-4-6-16(7-5-15)20(30)13-31-22-27-26-21(10-11-25-14(2)29)28(22)17-8-9-18(23)19(24)12-17/h4-9,12H,3,10-11,13H2,1-2H3,(H,25,29). The maximum Gasteiger partial charge on any atom is 0.216 e. The fourth-order valence-electron chi connectivity index (χ4n) is 2.93. The highest BCUT2D eigenvalue weighted by atomic mass is 35.5. The number of aromatic nitrogens is 3. The first-order chi connectivity index (χ1) is 14.9. The zero-order valence-electron chi connectivity index (χ0n) is 17.2. The smallest absolute Gasteiger partial charge is 0.216 e. The molecule has 0 aliphatic heterocycles. The lowest BCUT2D eigenvalue weighted by atomic mass is 10.1. The Balaban J connectivity index is 1.82. The molecule has 0 unspecified atom stereocenters. The van der Waals surface area contributed by atoms with Crippen molar-refractivity contribution in [3.05, 3.63) is 69.5 Å². The molecule has 0 fully saturated rings. The Hall–Kier alpha value is -2.35. The minimum absolute atomic E-state index is 0.0103. The lowest BCUT2D eigenvalue weighted by molar-refractivity contribution is -0.118. The molecule has 1 N–H and O–H groups in total. The second-order valence-electron chi connectivity index (χ2n) is 6.83. The molecule has 6 nitrogen and oxygen atoms in total. The van der Waals surface area contributed by atoms with Gasteiger partial charge in [0.1, 0.15) is 5.82 Å². The van der Waals surface area contributed by atoms with Crippen LogP contribution in [0.5, 0.6) is 0 Å². The number of hydrogen-bond donors (Lipinski definition) is 1. The zero-order chi connectivity index (χ0) is 22.4. The van der Waals surface area contributed by atoms with Gasteiger partial charge < -0.3 is 5.32 Å². The van der Waals surface area contributed by atoms with Gasteiger partial charge >= 0.3 is 0 Å². The maximum atomic E-state index is 12.7. The Kier molecular flexibility index (Phi) is 8.12. The number of thioether (sulfide) groups is 1. The van der Waals surface area contributed by atoms with Crippen LogP contribution in [0.1, 0.15) is 35.6 Å². The average molecular weight is 477 g/mol. The van der Waals surface area contributed by atoms with Gasteiger partial charge in [0.25, 0.3) is 0 Å². The van der Waals surface area contributed by atoms with E-state index in [2.05, 4.69) is 22.4 Å². The van der Waals surface area contributed by atoms with Gasteiger partial charge in [0.15, 0.2) is 10.9 Å². The first-order valence-electron chi connectivity index (χ1n) is 9.78. The molecule has 0 bridgehead atoms. The van der Waals surface area contributed by atoms with Crippen LogP contribution in [0.4, 0.5) is 0 Å². The molecule has 162 valence electrons. The molecule has 1 aromatic heterocycles. The van der Waals surface area contributed by atoms with E-state index in [1.807, 2.05) is 34.9 Å². The van der Waals surface area contributed by atoms with Gasteiger partial charge in [-0.3, -0.25) is 14.2 Å². The van der Waals surface area contributed by atoms with Gasteiger partial charge in [0, 0.05) is 25.5 Å². The highest BCUT2D eigenvalue weighted by molar-refractivity contribution is 7.99. The van der Waals surface area contributed by atoms with E-state index in [0.29, 0.717) is 39.6 Å². The second-order valence-corrected chi connectivity index (χ2v) is 8.58. The Morgan fingerprint density at radius 2 is 1.81 bits per heavy atom. The summed E-state index contributed by atoms with van der Waals surface area (Å²) in [5, 5.41) is 12.7. The summed E-state index contributed by atoms with van der Waals surface area (Å²) in [7, 11) is 0. The summed E-state index contributed by atoms with van der Waals surface area (Å²) in [5.41, 5.74) is 2.59. The summed E-state index contributed by atoms with van der Waals surface area (Å²) in [5.74, 6) is 0.761. The fraction of sp³-hybridized carbons (Fsp3) is 0.273. The number of hydrogen-bond acceptors (Lipinski definition) is 5. The topological polar surface area (TPSA) is 76.9 Å². The van der Waals surface area contributed by atoms with E-state index in [0.717, 1.165) is 12.1 Å². The molecule has 3 rings (SSSR count). The van der Waals surface area contributed by atoms with E-state index in [4.69, 9.17) is 23.2 Å². The maximum absolute atomic E-state index is 12.7. The monoisotopic (exact) mass is 476 g/mol. The van der Waals surface area contributed by atoms with E-state index < -0.39 is 0 Å². The normalized spacial score (nSPS) is 10.8. The minimum atomic E-state index is -0.116. The van der Waals surface area contributed by atoms with Crippen LogP contribution in [-0.4, -0.2) is 38.8 Å². The van der Waals surface area contributed by atoms with E-state index in [1.54, 1.807) is 12.1 Å². The molecule has 2 aromatic carbocycles. The highest BCUT2D eigenvalue weighted by Crippen LogP contribution is 2.28. The van der Waals surface area contributed by atoms with Gasteiger partial charge in [-0.1, -0.05) is 66.2 Å². The van der Waals surface area contributed by atoms with Gasteiger partial charge in [-0.15, -0.1) is 10.2 Å². The van der Waals surface area contributed by atoms with Crippen molar-refractivity contribution in [2.45, 2.75) is 31.8 Å². The van der Waals surface area contributed by atoms with Crippen molar-refractivity contribution in [3.63, 3.8) is 0 Å². The quantitative estimate of drug-likeness (QED) is 0.354. The summed E-state index contributed by atoms with van der Waals surface area (Å²) in [6.07, 6.45) is 1.40. The van der Waals surface area contributed by atoms with E-state index in [-0.39, 0.29) is 17.4 Å². The molecule has 9 heteroatoms. The molecule has 0 aliphatic rings. The third-order valence-electron chi connectivity index (χ3n) is 4.60. The molecule has 31 heavy (non-hydrogen) atoms. The molecule has 0 atom stereocenters. The Labute approximate surface area is 195 Å². The summed E-state index contributed by atoms with van der Waals surface area (Å²) in [6.45, 7) is 3.96. The van der Waals surface area contributed by atoms with Crippen LogP contribution in [0.2, 0.25) is 10.0 Å². The molecule has 0 saturated carbocycles. The van der Waals surface area contributed by atoms with E-state index >= 15 is 0 Å². The van der Waals surface area contributed by atoms with Crippen molar-refractivity contribution in [2.75, 3.05) is 12.3 Å². The van der Waals surface area contributed by atoms with Crippen LogP contribution in [0, 0.1) is 0 Å². The number of aryl methyl sites for hydroxylation is 1. The average Bonchev–Trinajstić information content (AvgIpc) is 3.16. The summed E-state index contributed by atoms with van der Waals surface area (Å²) in [6, 6.07) is 12.9. The Morgan fingerprint density at radius 1 is 1.06 bits per heavy atom. The molecule has 1 amide bonds. The zero-order valence-corrected chi connectivity index (χ0v) is 19.5.